The van der Waals surface area contributed by atoms with Crippen LogP contribution in [0.2, 0.25) is 0 Å². The summed E-state index contributed by atoms with van der Waals surface area (Å²) in [5.41, 5.74) is 0.665. The fraction of sp³-hybridized carbons (Fsp3) is 0.571. The molecule has 0 unspecified atom stereocenters. The molecule has 0 spiro atoms. The Bertz CT molecular complexity index is 468. The molecule has 17 heavy (non-hydrogen) atoms. The number of hydrogen-bond donors (Lipinski definition) is 3. The first-order valence-corrected chi connectivity index (χ1v) is 6.08. The molecule has 0 aliphatic carbocycles. The van der Waals surface area contributed by atoms with Crippen molar-refractivity contribution in [1.82, 2.24) is 14.9 Å². The molecule has 1 heterocycles. The summed E-state index contributed by atoms with van der Waals surface area (Å²) in [6.07, 6.45) is -4.00. The van der Waals surface area contributed by atoms with Gasteiger partial charge in [0.15, 0.2) is 5.82 Å². The van der Waals surface area contributed by atoms with Gasteiger partial charge in [0, 0.05) is 11.8 Å². The molecule has 1 aromatic heterocycles. The summed E-state index contributed by atoms with van der Waals surface area (Å²) in [7, 11) is -4.27. The van der Waals surface area contributed by atoms with Crippen LogP contribution >= 0.6 is 0 Å². The van der Waals surface area contributed by atoms with Gasteiger partial charge in [0.25, 0.3) is 0 Å². The molecule has 0 atom stereocenters. The van der Waals surface area contributed by atoms with E-state index >= 15 is 0 Å². The van der Waals surface area contributed by atoms with E-state index in [9.17, 15) is 21.6 Å². The first-order valence-electron chi connectivity index (χ1n) is 4.60. The van der Waals surface area contributed by atoms with Crippen molar-refractivity contribution in [2.45, 2.75) is 19.5 Å². The number of nitrogens with one attached hydrogen (secondary N) is 3. The van der Waals surface area contributed by atoms with Crippen LogP contribution in [-0.4, -0.2) is 31.3 Å². The predicted octanol–water partition coefficient (Wildman–Crippen LogP) is 0.781. The normalized spacial score (nSPS) is 12.7. The van der Waals surface area contributed by atoms with Gasteiger partial charge in [-0.2, -0.15) is 31.4 Å². The van der Waals surface area contributed by atoms with Gasteiger partial charge in [-0.15, -0.1) is 0 Å². The average Bonchev–Trinajstić information content (AvgIpc) is 2.61. The Hall–Kier alpha value is -1.29. The predicted molar refractivity (Wildman–Crippen MR) is 54.6 cm³/mol. The van der Waals surface area contributed by atoms with Crippen molar-refractivity contribution >= 4 is 16.0 Å². The molecule has 0 radical (unpaired) electrons. The van der Waals surface area contributed by atoms with E-state index in [2.05, 4.69) is 10.2 Å². The largest absolute Gasteiger partial charge is 0.402 e. The maximum atomic E-state index is 11.8. The number of rotatable bonds is 5. The molecule has 0 saturated heterocycles. The maximum Gasteiger partial charge on any atom is 0.402 e. The van der Waals surface area contributed by atoms with Gasteiger partial charge in [-0.05, 0) is 6.42 Å². The van der Waals surface area contributed by atoms with E-state index in [1.807, 2.05) is 11.6 Å². The second-order valence-corrected chi connectivity index (χ2v) is 4.67. The number of aromatic amines is 1. The van der Waals surface area contributed by atoms with Crippen LogP contribution in [0.3, 0.4) is 0 Å². The van der Waals surface area contributed by atoms with Crippen LogP contribution in [0, 0.1) is 0 Å². The standard InChI is InChI=1S/C7H11F3N4O2S/c1-2-5-3-6(13-12-5)14-17(15,16)11-4-7(8,9)10/h3,11H,2,4H2,1H3,(H2,12,13,14). The van der Waals surface area contributed by atoms with Crippen molar-refractivity contribution in [3.63, 3.8) is 0 Å². The molecule has 6 nitrogen and oxygen atoms in total. The molecule has 1 aromatic rings. The number of halogens is 3. The van der Waals surface area contributed by atoms with Crippen molar-refractivity contribution < 1.29 is 21.6 Å². The number of nitrogens with zero attached hydrogens (tertiary/aromatic N) is 1. The SMILES string of the molecule is CCc1cc(NS(=O)(=O)NCC(F)(F)F)n[nH]1. The molecular formula is C7H11F3N4O2S. The fourth-order valence-corrected chi connectivity index (χ4v) is 1.75. The first kappa shape index (κ1) is 13.8. The van der Waals surface area contributed by atoms with E-state index in [0.717, 1.165) is 0 Å². The second-order valence-electron chi connectivity index (χ2n) is 3.17. The highest BCUT2D eigenvalue weighted by molar-refractivity contribution is 7.90. The summed E-state index contributed by atoms with van der Waals surface area (Å²) < 4.78 is 61.0. The lowest BCUT2D eigenvalue weighted by Gasteiger charge is -2.09. The number of alkyl halides is 3. The third-order valence-electron chi connectivity index (χ3n) is 1.71. The van der Waals surface area contributed by atoms with Crippen molar-refractivity contribution in [3.05, 3.63) is 11.8 Å². The quantitative estimate of drug-likeness (QED) is 0.740. The van der Waals surface area contributed by atoms with Crippen LogP contribution in [0.4, 0.5) is 19.0 Å². The van der Waals surface area contributed by atoms with Crippen molar-refractivity contribution in [2.24, 2.45) is 0 Å². The minimum Gasteiger partial charge on any atom is -0.280 e. The minimum absolute atomic E-state index is 0.0588. The molecular weight excluding hydrogens is 261 g/mol. The summed E-state index contributed by atoms with van der Waals surface area (Å²) in [4.78, 5) is 0. The highest BCUT2D eigenvalue weighted by Crippen LogP contribution is 2.13. The van der Waals surface area contributed by atoms with Gasteiger partial charge in [0.05, 0.1) is 0 Å². The molecule has 10 heteroatoms. The Morgan fingerprint density at radius 3 is 2.59 bits per heavy atom. The van der Waals surface area contributed by atoms with Gasteiger partial charge in [-0.3, -0.25) is 9.82 Å². The molecule has 0 fully saturated rings. The summed E-state index contributed by atoms with van der Waals surface area (Å²) in [6, 6.07) is 1.40. The Morgan fingerprint density at radius 2 is 2.12 bits per heavy atom. The smallest absolute Gasteiger partial charge is 0.280 e. The zero-order valence-corrected chi connectivity index (χ0v) is 9.61. The summed E-state index contributed by atoms with van der Waals surface area (Å²) >= 11 is 0. The van der Waals surface area contributed by atoms with E-state index in [1.165, 1.54) is 10.8 Å². The molecule has 0 amide bonds. The van der Waals surface area contributed by atoms with E-state index in [1.54, 1.807) is 0 Å². The van der Waals surface area contributed by atoms with Gasteiger partial charge in [0.2, 0.25) is 0 Å². The van der Waals surface area contributed by atoms with Gasteiger partial charge >= 0.3 is 16.4 Å². The molecule has 0 aliphatic heterocycles. The van der Waals surface area contributed by atoms with E-state index in [4.69, 9.17) is 0 Å². The molecule has 0 aliphatic rings. The summed E-state index contributed by atoms with van der Waals surface area (Å²) in [5.74, 6) is -0.0588. The Balaban J connectivity index is 2.60. The Kier molecular flexibility index (Phi) is 3.98. The van der Waals surface area contributed by atoms with Gasteiger partial charge < -0.3 is 0 Å². The van der Waals surface area contributed by atoms with E-state index in [-0.39, 0.29) is 5.82 Å². The zero-order chi connectivity index (χ0) is 13.1. The van der Waals surface area contributed by atoms with Crippen molar-refractivity contribution in [3.8, 4) is 0 Å². The van der Waals surface area contributed by atoms with Crippen molar-refractivity contribution in [2.75, 3.05) is 11.3 Å². The van der Waals surface area contributed by atoms with Crippen LogP contribution in [0.5, 0.6) is 0 Å². The van der Waals surface area contributed by atoms with Gasteiger partial charge in [0.1, 0.15) is 6.54 Å². The molecule has 0 bridgehead atoms. The molecule has 98 valence electrons. The number of aryl methyl sites for hydroxylation is 1. The van der Waals surface area contributed by atoms with Gasteiger partial charge in [-0.1, -0.05) is 6.92 Å². The van der Waals surface area contributed by atoms with Crippen LogP contribution < -0.4 is 9.44 Å². The maximum absolute atomic E-state index is 11.8. The van der Waals surface area contributed by atoms with E-state index in [0.29, 0.717) is 12.1 Å². The number of hydrogen-bond acceptors (Lipinski definition) is 3. The number of H-pyrrole nitrogens is 1. The number of anilines is 1. The second kappa shape index (κ2) is 4.92. The molecule has 3 N–H and O–H groups in total. The summed E-state index contributed by atoms with van der Waals surface area (Å²) in [6.45, 7) is 0.182. The van der Waals surface area contributed by atoms with Crippen LogP contribution in [0.15, 0.2) is 6.07 Å². The lowest BCUT2D eigenvalue weighted by molar-refractivity contribution is -0.121. The highest BCUT2D eigenvalue weighted by Gasteiger charge is 2.29. The topological polar surface area (TPSA) is 86.9 Å². The Morgan fingerprint density at radius 1 is 1.47 bits per heavy atom. The lowest BCUT2D eigenvalue weighted by atomic mass is 10.3. The van der Waals surface area contributed by atoms with Crippen molar-refractivity contribution in [1.29, 1.82) is 0 Å². The number of aromatic nitrogens is 2. The van der Waals surface area contributed by atoms with Crippen LogP contribution in [-0.2, 0) is 16.6 Å². The van der Waals surface area contributed by atoms with Crippen LogP contribution in [0.1, 0.15) is 12.6 Å². The van der Waals surface area contributed by atoms with E-state index < -0.39 is 22.9 Å². The monoisotopic (exact) mass is 272 g/mol. The third-order valence-corrected chi connectivity index (χ3v) is 2.72. The fourth-order valence-electron chi connectivity index (χ4n) is 0.946. The molecule has 1 rings (SSSR count). The zero-order valence-electron chi connectivity index (χ0n) is 8.80. The summed E-state index contributed by atoms with van der Waals surface area (Å²) in [5, 5.41) is 6.10. The van der Waals surface area contributed by atoms with Crippen LogP contribution in [0.25, 0.3) is 0 Å². The highest BCUT2D eigenvalue weighted by atomic mass is 32.2. The average molecular weight is 272 g/mol. The Labute approximate surface area is 95.8 Å². The van der Waals surface area contributed by atoms with Gasteiger partial charge in [-0.25, -0.2) is 0 Å². The molecule has 0 aromatic carbocycles. The molecule has 0 saturated carbocycles. The minimum atomic E-state index is -4.60. The lowest BCUT2D eigenvalue weighted by Crippen LogP contribution is -2.37. The third kappa shape index (κ3) is 5.04. The first-order chi connectivity index (χ1) is 7.72.